The van der Waals surface area contributed by atoms with Crippen molar-refractivity contribution in [1.82, 2.24) is 0 Å². The van der Waals surface area contributed by atoms with E-state index in [1.807, 2.05) is 25.1 Å². The van der Waals surface area contributed by atoms with Crippen LogP contribution in [-0.4, -0.2) is 0 Å². The van der Waals surface area contributed by atoms with Crippen LogP contribution in [0.5, 0.6) is 0 Å². The van der Waals surface area contributed by atoms with E-state index in [2.05, 4.69) is 22.6 Å². The minimum absolute atomic E-state index is 0.691. The zero-order valence-electron chi connectivity index (χ0n) is 8.60. The molecule has 0 N–H and O–H groups in total. The van der Waals surface area contributed by atoms with E-state index in [1.165, 1.54) is 11.6 Å². The Morgan fingerprint density at radius 2 is 1.50 bits per heavy atom. The van der Waals surface area contributed by atoms with Crippen molar-refractivity contribution in [1.29, 1.82) is 0 Å². The first kappa shape index (κ1) is 11.5. The van der Waals surface area contributed by atoms with Gasteiger partial charge in [0, 0.05) is 3.57 Å². The van der Waals surface area contributed by atoms with Crippen molar-refractivity contribution in [3.8, 4) is 11.1 Å². The molecule has 0 fully saturated rings. The third-order valence-electron chi connectivity index (χ3n) is 2.42. The summed E-state index contributed by atoms with van der Waals surface area (Å²) in [5.74, 6) is -1.63. The van der Waals surface area contributed by atoms with E-state index in [1.54, 1.807) is 6.07 Å². The standard InChI is InChI=1S/C13H9F2I/c1-8-2-3-10(7-13(8)16)9-4-5-11(14)12(15)6-9/h2-7H,1H3. The van der Waals surface area contributed by atoms with E-state index in [9.17, 15) is 8.78 Å². The van der Waals surface area contributed by atoms with Gasteiger partial charge in [-0.25, -0.2) is 8.78 Å². The van der Waals surface area contributed by atoms with E-state index >= 15 is 0 Å². The smallest absolute Gasteiger partial charge is 0.159 e. The van der Waals surface area contributed by atoms with Crippen LogP contribution in [0.4, 0.5) is 8.78 Å². The molecule has 82 valence electrons. The number of benzene rings is 2. The highest BCUT2D eigenvalue weighted by atomic mass is 127. The molecular weight excluding hydrogens is 321 g/mol. The fourth-order valence-corrected chi connectivity index (χ4v) is 1.96. The predicted octanol–water partition coefficient (Wildman–Crippen LogP) is 4.54. The summed E-state index contributed by atoms with van der Waals surface area (Å²) in [6.07, 6.45) is 0. The Balaban J connectivity index is 2.50. The van der Waals surface area contributed by atoms with Crippen molar-refractivity contribution in [2.45, 2.75) is 6.92 Å². The molecule has 0 bridgehead atoms. The van der Waals surface area contributed by atoms with Crippen LogP contribution in [0, 0.1) is 22.1 Å². The van der Waals surface area contributed by atoms with Crippen molar-refractivity contribution in [2.75, 3.05) is 0 Å². The summed E-state index contributed by atoms with van der Waals surface area (Å²) >= 11 is 2.22. The topological polar surface area (TPSA) is 0 Å². The molecule has 0 nitrogen and oxygen atoms in total. The molecule has 0 aromatic heterocycles. The maximum absolute atomic E-state index is 13.1. The van der Waals surface area contributed by atoms with Crippen LogP contribution in [-0.2, 0) is 0 Å². The molecule has 16 heavy (non-hydrogen) atoms. The molecule has 2 aromatic carbocycles. The van der Waals surface area contributed by atoms with Gasteiger partial charge in [0.15, 0.2) is 11.6 Å². The molecule has 2 aromatic rings. The van der Waals surface area contributed by atoms with Crippen LogP contribution in [0.15, 0.2) is 36.4 Å². The minimum Gasteiger partial charge on any atom is -0.204 e. The predicted molar refractivity (Wildman–Crippen MR) is 69.2 cm³/mol. The van der Waals surface area contributed by atoms with Gasteiger partial charge in [0.1, 0.15) is 0 Å². The van der Waals surface area contributed by atoms with Crippen molar-refractivity contribution in [3.63, 3.8) is 0 Å². The number of hydrogen-bond acceptors (Lipinski definition) is 0. The zero-order valence-corrected chi connectivity index (χ0v) is 10.8. The maximum Gasteiger partial charge on any atom is 0.159 e. The van der Waals surface area contributed by atoms with E-state index in [-0.39, 0.29) is 0 Å². The van der Waals surface area contributed by atoms with Gasteiger partial charge < -0.3 is 0 Å². The van der Waals surface area contributed by atoms with Crippen molar-refractivity contribution in [2.24, 2.45) is 0 Å². The fourth-order valence-electron chi connectivity index (χ4n) is 1.45. The normalized spacial score (nSPS) is 10.5. The summed E-state index contributed by atoms with van der Waals surface area (Å²) in [4.78, 5) is 0. The summed E-state index contributed by atoms with van der Waals surface area (Å²) in [6, 6.07) is 9.79. The van der Waals surface area contributed by atoms with Gasteiger partial charge in [-0.1, -0.05) is 18.2 Å². The second-order valence-electron chi connectivity index (χ2n) is 3.59. The van der Waals surface area contributed by atoms with E-state index in [4.69, 9.17) is 0 Å². The van der Waals surface area contributed by atoms with Crippen molar-refractivity contribution >= 4 is 22.6 Å². The number of rotatable bonds is 1. The second-order valence-corrected chi connectivity index (χ2v) is 4.76. The molecule has 0 atom stereocenters. The fraction of sp³-hybridized carbons (Fsp3) is 0.0769. The summed E-state index contributed by atoms with van der Waals surface area (Å²) in [6.45, 7) is 2.01. The maximum atomic E-state index is 13.1. The molecule has 0 amide bonds. The molecule has 0 saturated carbocycles. The van der Waals surface area contributed by atoms with E-state index < -0.39 is 11.6 Å². The molecule has 0 heterocycles. The largest absolute Gasteiger partial charge is 0.204 e. The highest BCUT2D eigenvalue weighted by Crippen LogP contribution is 2.24. The summed E-state index contributed by atoms with van der Waals surface area (Å²) in [5.41, 5.74) is 2.76. The van der Waals surface area contributed by atoms with Gasteiger partial charge in [0.05, 0.1) is 0 Å². The van der Waals surface area contributed by atoms with Gasteiger partial charge in [0.2, 0.25) is 0 Å². The molecule has 0 radical (unpaired) electrons. The Hall–Kier alpha value is -0.970. The van der Waals surface area contributed by atoms with Gasteiger partial charge in [-0.15, -0.1) is 0 Å². The SMILES string of the molecule is Cc1ccc(-c2ccc(F)c(F)c2)cc1I. The Morgan fingerprint density at radius 3 is 2.12 bits per heavy atom. The quantitative estimate of drug-likeness (QED) is 0.673. The molecule has 0 unspecified atom stereocenters. The molecule has 0 aliphatic rings. The zero-order chi connectivity index (χ0) is 11.7. The summed E-state index contributed by atoms with van der Waals surface area (Å²) in [7, 11) is 0. The van der Waals surface area contributed by atoms with Crippen LogP contribution in [0.2, 0.25) is 0 Å². The molecule has 0 aliphatic heterocycles. The first-order chi connectivity index (χ1) is 7.58. The van der Waals surface area contributed by atoms with Crippen LogP contribution in [0.3, 0.4) is 0 Å². The van der Waals surface area contributed by atoms with Gasteiger partial charge >= 0.3 is 0 Å². The van der Waals surface area contributed by atoms with Crippen molar-refractivity contribution < 1.29 is 8.78 Å². The van der Waals surface area contributed by atoms with Gasteiger partial charge in [-0.05, 0) is 64.4 Å². The summed E-state index contributed by atoms with van der Waals surface area (Å²) in [5, 5.41) is 0. The Labute approximate surface area is 106 Å². The monoisotopic (exact) mass is 330 g/mol. The van der Waals surface area contributed by atoms with Crippen LogP contribution >= 0.6 is 22.6 Å². The highest BCUT2D eigenvalue weighted by Gasteiger charge is 2.05. The number of halogens is 3. The molecule has 0 saturated heterocycles. The van der Waals surface area contributed by atoms with Crippen LogP contribution in [0.25, 0.3) is 11.1 Å². The number of aryl methyl sites for hydroxylation is 1. The Bertz CT molecular complexity index is 486. The molecule has 3 heteroatoms. The lowest BCUT2D eigenvalue weighted by molar-refractivity contribution is 0.509. The second kappa shape index (κ2) is 4.49. The Kier molecular flexibility index (Phi) is 3.23. The first-order valence-corrected chi connectivity index (χ1v) is 5.87. The van der Waals surface area contributed by atoms with E-state index in [0.717, 1.165) is 15.2 Å². The first-order valence-electron chi connectivity index (χ1n) is 4.79. The van der Waals surface area contributed by atoms with Crippen LogP contribution in [0.1, 0.15) is 5.56 Å². The van der Waals surface area contributed by atoms with Crippen LogP contribution < -0.4 is 0 Å². The third kappa shape index (κ3) is 2.24. The lowest BCUT2D eigenvalue weighted by Crippen LogP contribution is -1.87. The van der Waals surface area contributed by atoms with Gasteiger partial charge in [-0.3, -0.25) is 0 Å². The minimum atomic E-state index is -0.814. The summed E-state index contributed by atoms with van der Waals surface area (Å²) < 4.78 is 27.0. The lowest BCUT2D eigenvalue weighted by atomic mass is 10.0. The average Bonchev–Trinajstić information content (AvgIpc) is 2.26. The molecule has 0 aliphatic carbocycles. The van der Waals surface area contributed by atoms with Gasteiger partial charge in [0.25, 0.3) is 0 Å². The molecule has 2 rings (SSSR count). The third-order valence-corrected chi connectivity index (χ3v) is 3.59. The number of hydrogen-bond donors (Lipinski definition) is 0. The highest BCUT2D eigenvalue weighted by molar-refractivity contribution is 14.1. The average molecular weight is 330 g/mol. The molecular formula is C13H9F2I. The Morgan fingerprint density at radius 1 is 0.875 bits per heavy atom. The lowest BCUT2D eigenvalue weighted by Gasteiger charge is -2.05. The van der Waals surface area contributed by atoms with E-state index in [0.29, 0.717) is 5.56 Å². The van der Waals surface area contributed by atoms with Gasteiger partial charge in [-0.2, -0.15) is 0 Å². The molecule has 0 spiro atoms. The van der Waals surface area contributed by atoms with Crippen molar-refractivity contribution in [3.05, 3.63) is 57.2 Å².